The van der Waals surface area contributed by atoms with E-state index in [9.17, 15) is 0 Å². The normalized spacial score (nSPS) is 13.2. The second kappa shape index (κ2) is 4.53. The number of imidazole rings is 1. The molecule has 1 aromatic carbocycles. The SMILES string of the molecule is CCn1c(C(N)CO)nc2cc(Br)ccc21. The first kappa shape index (κ1) is 11.6. The van der Waals surface area contributed by atoms with Gasteiger partial charge in [0.2, 0.25) is 0 Å². The molecule has 0 bridgehead atoms. The summed E-state index contributed by atoms with van der Waals surface area (Å²) in [5.41, 5.74) is 7.77. The zero-order valence-corrected chi connectivity index (χ0v) is 10.6. The summed E-state index contributed by atoms with van der Waals surface area (Å²) < 4.78 is 3.02. The van der Waals surface area contributed by atoms with Gasteiger partial charge in [-0.25, -0.2) is 4.98 Å². The Morgan fingerprint density at radius 1 is 1.56 bits per heavy atom. The number of rotatable bonds is 3. The van der Waals surface area contributed by atoms with E-state index in [4.69, 9.17) is 10.8 Å². The summed E-state index contributed by atoms with van der Waals surface area (Å²) in [4.78, 5) is 4.46. The first-order valence-electron chi connectivity index (χ1n) is 5.19. The highest BCUT2D eigenvalue weighted by Gasteiger charge is 2.15. The van der Waals surface area contributed by atoms with Gasteiger partial charge in [-0.15, -0.1) is 0 Å². The Morgan fingerprint density at radius 2 is 2.31 bits per heavy atom. The van der Waals surface area contributed by atoms with Crippen LogP contribution in [0.4, 0.5) is 0 Å². The van der Waals surface area contributed by atoms with Gasteiger partial charge in [0.25, 0.3) is 0 Å². The molecule has 0 saturated carbocycles. The lowest BCUT2D eigenvalue weighted by atomic mass is 10.3. The molecule has 0 amide bonds. The molecule has 5 heteroatoms. The van der Waals surface area contributed by atoms with E-state index < -0.39 is 6.04 Å². The van der Waals surface area contributed by atoms with Gasteiger partial charge in [0.15, 0.2) is 0 Å². The number of hydrogen-bond donors (Lipinski definition) is 2. The number of fused-ring (bicyclic) bond motifs is 1. The molecule has 4 nitrogen and oxygen atoms in total. The molecule has 3 N–H and O–H groups in total. The zero-order valence-electron chi connectivity index (χ0n) is 9.02. The van der Waals surface area contributed by atoms with Gasteiger partial charge in [-0.05, 0) is 25.1 Å². The van der Waals surface area contributed by atoms with Crippen LogP contribution in [-0.4, -0.2) is 21.3 Å². The van der Waals surface area contributed by atoms with E-state index in [1.165, 1.54) is 0 Å². The Bertz CT molecular complexity index is 509. The summed E-state index contributed by atoms with van der Waals surface area (Å²) in [6.45, 7) is 2.74. The first-order valence-corrected chi connectivity index (χ1v) is 5.98. The van der Waals surface area contributed by atoms with Gasteiger partial charge in [-0.2, -0.15) is 0 Å². The molecule has 86 valence electrons. The number of hydrogen-bond acceptors (Lipinski definition) is 3. The second-order valence-electron chi connectivity index (χ2n) is 3.64. The maximum absolute atomic E-state index is 9.10. The first-order chi connectivity index (χ1) is 7.67. The molecule has 0 fully saturated rings. The molecule has 1 atom stereocenters. The number of halogens is 1. The van der Waals surface area contributed by atoms with E-state index in [1.807, 2.05) is 29.7 Å². The van der Waals surface area contributed by atoms with Crippen LogP contribution in [0.5, 0.6) is 0 Å². The summed E-state index contributed by atoms with van der Waals surface area (Å²) in [6, 6.07) is 5.51. The van der Waals surface area contributed by atoms with E-state index in [0.717, 1.165) is 27.9 Å². The molecule has 0 aliphatic rings. The van der Waals surface area contributed by atoms with Crippen LogP contribution in [-0.2, 0) is 6.54 Å². The predicted molar refractivity (Wildman–Crippen MR) is 67.1 cm³/mol. The molecule has 0 aliphatic heterocycles. The minimum atomic E-state index is -0.425. The van der Waals surface area contributed by atoms with Crippen LogP contribution in [0.1, 0.15) is 18.8 Å². The van der Waals surface area contributed by atoms with Crippen molar-refractivity contribution in [2.45, 2.75) is 19.5 Å². The summed E-state index contributed by atoms with van der Waals surface area (Å²) in [5.74, 6) is 0.734. The highest BCUT2D eigenvalue weighted by molar-refractivity contribution is 9.10. The van der Waals surface area contributed by atoms with Crippen molar-refractivity contribution in [1.82, 2.24) is 9.55 Å². The Balaban J connectivity index is 2.65. The summed E-state index contributed by atoms with van der Waals surface area (Å²) in [6.07, 6.45) is 0. The van der Waals surface area contributed by atoms with Crippen LogP contribution in [0.25, 0.3) is 11.0 Å². The lowest BCUT2D eigenvalue weighted by Gasteiger charge is -2.10. The summed E-state index contributed by atoms with van der Waals surface area (Å²) in [7, 11) is 0. The summed E-state index contributed by atoms with van der Waals surface area (Å²) in [5, 5.41) is 9.10. The van der Waals surface area contributed by atoms with Crippen LogP contribution in [0, 0.1) is 0 Å². The minimum Gasteiger partial charge on any atom is -0.394 e. The maximum Gasteiger partial charge on any atom is 0.129 e. The largest absolute Gasteiger partial charge is 0.394 e. The minimum absolute atomic E-state index is 0.0928. The van der Waals surface area contributed by atoms with Gasteiger partial charge < -0.3 is 15.4 Å². The quantitative estimate of drug-likeness (QED) is 0.903. The Hall–Kier alpha value is -0.910. The fraction of sp³-hybridized carbons (Fsp3) is 0.364. The van der Waals surface area contributed by atoms with Crippen molar-refractivity contribution >= 4 is 27.0 Å². The van der Waals surface area contributed by atoms with Crippen molar-refractivity contribution in [2.24, 2.45) is 5.73 Å². The lowest BCUT2D eigenvalue weighted by molar-refractivity contribution is 0.261. The van der Waals surface area contributed by atoms with Gasteiger partial charge in [0, 0.05) is 11.0 Å². The van der Waals surface area contributed by atoms with Crippen LogP contribution < -0.4 is 5.73 Å². The van der Waals surface area contributed by atoms with E-state index in [1.54, 1.807) is 0 Å². The molecule has 0 spiro atoms. The van der Waals surface area contributed by atoms with Gasteiger partial charge in [-0.3, -0.25) is 0 Å². The standard InChI is InChI=1S/C11H14BrN3O/c1-2-15-10-4-3-7(12)5-9(10)14-11(15)8(13)6-16/h3-5,8,16H,2,6,13H2,1H3. The van der Waals surface area contributed by atoms with Crippen LogP contribution >= 0.6 is 15.9 Å². The van der Waals surface area contributed by atoms with Crippen molar-refractivity contribution in [1.29, 1.82) is 0 Å². The predicted octanol–water partition coefficient (Wildman–Crippen LogP) is 1.81. The third-order valence-electron chi connectivity index (χ3n) is 2.58. The number of aromatic nitrogens is 2. The summed E-state index contributed by atoms with van der Waals surface area (Å²) >= 11 is 3.41. The van der Waals surface area contributed by atoms with E-state index in [0.29, 0.717) is 0 Å². The second-order valence-corrected chi connectivity index (χ2v) is 4.55. The van der Waals surface area contributed by atoms with Gasteiger partial charge in [0.05, 0.1) is 23.7 Å². The van der Waals surface area contributed by atoms with Gasteiger partial charge in [0.1, 0.15) is 5.82 Å². The van der Waals surface area contributed by atoms with E-state index in [2.05, 4.69) is 20.9 Å². The number of nitrogens with zero attached hydrogens (tertiary/aromatic N) is 2. The van der Waals surface area contributed by atoms with Gasteiger partial charge >= 0.3 is 0 Å². The van der Waals surface area contributed by atoms with Crippen LogP contribution in [0.15, 0.2) is 22.7 Å². The number of aryl methyl sites for hydroxylation is 1. The smallest absolute Gasteiger partial charge is 0.129 e. The molecule has 0 saturated heterocycles. The molecular formula is C11H14BrN3O. The number of aliphatic hydroxyl groups excluding tert-OH is 1. The number of nitrogens with two attached hydrogens (primary N) is 1. The Kier molecular flexibility index (Phi) is 3.28. The number of aliphatic hydroxyl groups is 1. The van der Waals surface area contributed by atoms with Crippen molar-refractivity contribution in [2.75, 3.05) is 6.61 Å². The molecule has 1 unspecified atom stereocenters. The molecule has 2 rings (SSSR count). The lowest BCUT2D eigenvalue weighted by Crippen LogP contribution is -2.19. The highest BCUT2D eigenvalue weighted by Crippen LogP contribution is 2.23. The fourth-order valence-electron chi connectivity index (χ4n) is 1.82. The van der Waals surface area contributed by atoms with Gasteiger partial charge in [-0.1, -0.05) is 15.9 Å². The molecule has 1 aromatic heterocycles. The highest BCUT2D eigenvalue weighted by atomic mass is 79.9. The fourth-order valence-corrected chi connectivity index (χ4v) is 2.17. The van der Waals surface area contributed by atoms with Crippen molar-refractivity contribution in [3.05, 3.63) is 28.5 Å². The molecule has 0 radical (unpaired) electrons. The average Bonchev–Trinajstić information content (AvgIpc) is 2.65. The molecular weight excluding hydrogens is 270 g/mol. The topological polar surface area (TPSA) is 64.1 Å². The molecule has 1 heterocycles. The van der Waals surface area contributed by atoms with Crippen molar-refractivity contribution in [3.63, 3.8) is 0 Å². The van der Waals surface area contributed by atoms with E-state index in [-0.39, 0.29) is 6.61 Å². The monoisotopic (exact) mass is 283 g/mol. The molecule has 2 aromatic rings. The van der Waals surface area contributed by atoms with Crippen molar-refractivity contribution < 1.29 is 5.11 Å². The third-order valence-corrected chi connectivity index (χ3v) is 3.08. The number of benzene rings is 1. The zero-order chi connectivity index (χ0) is 11.7. The third kappa shape index (κ3) is 1.86. The average molecular weight is 284 g/mol. The molecule has 0 aliphatic carbocycles. The van der Waals surface area contributed by atoms with Crippen LogP contribution in [0.3, 0.4) is 0 Å². The molecule has 16 heavy (non-hydrogen) atoms. The van der Waals surface area contributed by atoms with Crippen LogP contribution in [0.2, 0.25) is 0 Å². The Labute approximate surface area is 102 Å². The Morgan fingerprint density at radius 3 is 2.94 bits per heavy atom. The maximum atomic E-state index is 9.10. The van der Waals surface area contributed by atoms with Crippen molar-refractivity contribution in [3.8, 4) is 0 Å². The van der Waals surface area contributed by atoms with E-state index >= 15 is 0 Å².